The summed E-state index contributed by atoms with van der Waals surface area (Å²) in [5, 5.41) is 10.7. The molecule has 3 rings (SSSR count). The molecule has 2 N–H and O–H groups in total. The maximum atomic E-state index is 12.6. The maximum Gasteiger partial charge on any atom is 0.243 e. The van der Waals surface area contributed by atoms with Gasteiger partial charge < -0.3 is 10.6 Å². The molecule has 0 unspecified atom stereocenters. The first kappa shape index (κ1) is 19.9. The predicted octanol–water partition coefficient (Wildman–Crippen LogP) is 2.79. The van der Waals surface area contributed by atoms with Crippen molar-refractivity contribution < 1.29 is 8.42 Å². The summed E-state index contributed by atoms with van der Waals surface area (Å²) in [5.74, 6) is 0.748. The van der Waals surface area contributed by atoms with E-state index >= 15 is 0 Å². The highest BCUT2D eigenvalue weighted by molar-refractivity contribution is 7.89. The van der Waals surface area contributed by atoms with E-state index in [1.54, 1.807) is 27.8 Å². The van der Waals surface area contributed by atoms with E-state index < -0.39 is 10.0 Å². The van der Waals surface area contributed by atoms with Crippen LogP contribution in [0.2, 0.25) is 0 Å². The van der Waals surface area contributed by atoms with Crippen molar-refractivity contribution in [1.82, 2.24) is 14.9 Å². The summed E-state index contributed by atoms with van der Waals surface area (Å²) in [6.07, 6.45) is 1.89. The molecule has 0 aliphatic carbocycles. The van der Waals surface area contributed by atoms with Crippen molar-refractivity contribution in [3.05, 3.63) is 52.2 Å². The van der Waals surface area contributed by atoms with Gasteiger partial charge in [-0.1, -0.05) is 12.1 Å². The molecule has 0 saturated carbocycles. The number of aliphatic imine (C=N–C) groups is 1. The van der Waals surface area contributed by atoms with Gasteiger partial charge in [-0.05, 0) is 59.9 Å². The Labute approximate surface area is 165 Å². The Bertz CT molecular complexity index is 840. The van der Waals surface area contributed by atoms with Crippen LogP contribution in [0.25, 0.3) is 0 Å². The second kappa shape index (κ2) is 9.34. The van der Waals surface area contributed by atoms with Gasteiger partial charge >= 0.3 is 0 Å². The van der Waals surface area contributed by atoms with Crippen LogP contribution in [0, 0.1) is 0 Å². The van der Waals surface area contributed by atoms with Crippen LogP contribution < -0.4 is 10.6 Å². The fourth-order valence-electron chi connectivity index (χ4n) is 2.94. The lowest BCUT2D eigenvalue weighted by molar-refractivity contribution is 0.477. The Kier molecular flexibility index (Phi) is 6.87. The fraction of sp³-hybridized carbons (Fsp3) is 0.421. The van der Waals surface area contributed by atoms with Gasteiger partial charge in [0.15, 0.2) is 5.96 Å². The van der Waals surface area contributed by atoms with Gasteiger partial charge in [-0.25, -0.2) is 13.4 Å². The molecule has 0 spiro atoms. The summed E-state index contributed by atoms with van der Waals surface area (Å²) in [7, 11) is -3.35. The van der Waals surface area contributed by atoms with E-state index in [1.807, 2.05) is 24.4 Å². The van der Waals surface area contributed by atoms with Crippen molar-refractivity contribution in [3.63, 3.8) is 0 Å². The number of sulfonamides is 1. The van der Waals surface area contributed by atoms with Gasteiger partial charge in [0.25, 0.3) is 0 Å². The average molecular weight is 407 g/mol. The topological polar surface area (TPSA) is 73.8 Å². The molecule has 2 aromatic rings. The summed E-state index contributed by atoms with van der Waals surface area (Å²) in [4.78, 5) is 4.95. The molecule has 1 aliphatic rings. The molecule has 1 fully saturated rings. The van der Waals surface area contributed by atoms with Gasteiger partial charge in [-0.2, -0.15) is 15.6 Å². The van der Waals surface area contributed by atoms with Gasteiger partial charge in [-0.15, -0.1) is 0 Å². The summed E-state index contributed by atoms with van der Waals surface area (Å²) in [6.45, 7) is 5.27. The van der Waals surface area contributed by atoms with Gasteiger partial charge in [0.05, 0.1) is 11.4 Å². The normalized spacial score (nSPS) is 15.8. The van der Waals surface area contributed by atoms with E-state index in [9.17, 15) is 8.42 Å². The number of nitrogens with one attached hydrogen (secondary N) is 2. The molecule has 0 atom stereocenters. The third kappa shape index (κ3) is 5.31. The number of benzene rings is 1. The first-order chi connectivity index (χ1) is 13.1. The van der Waals surface area contributed by atoms with Crippen molar-refractivity contribution in [2.24, 2.45) is 4.99 Å². The van der Waals surface area contributed by atoms with E-state index in [0.29, 0.717) is 31.1 Å². The molecular weight excluding hydrogens is 380 g/mol. The minimum absolute atomic E-state index is 0.367. The molecule has 2 heterocycles. The first-order valence-electron chi connectivity index (χ1n) is 9.22. The second-order valence-electron chi connectivity index (χ2n) is 6.44. The monoisotopic (exact) mass is 406 g/mol. The van der Waals surface area contributed by atoms with Crippen molar-refractivity contribution in [2.45, 2.75) is 37.8 Å². The van der Waals surface area contributed by atoms with Crippen LogP contribution in [-0.4, -0.2) is 38.3 Å². The number of hydrogen-bond donors (Lipinski definition) is 2. The number of thiophene rings is 1. The van der Waals surface area contributed by atoms with E-state index in [-0.39, 0.29) is 0 Å². The lowest BCUT2D eigenvalue weighted by Crippen LogP contribution is -2.36. The van der Waals surface area contributed by atoms with Crippen LogP contribution in [0.5, 0.6) is 0 Å². The summed E-state index contributed by atoms with van der Waals surface area (Å²) < 4.78 is 26.7. The minimum atomic E-state index is -3.35. The molecule has 146 valence electrons. The standard InChI is InChI=1S/C19H26N4O2S2/c1-2-20-19(22-14-17-9-12-26-15-17)21-13-16-5-7-18(8-6-16)27(24,25)23-10-3-4-11-23/h5-9,12,15H,2-4,10-11,13-14H2,1H3,(H2,20,21,22). The Morgan fingerprint density at radius 1 is 1.11 bits per heavy atom. The molecule has 6 nitrogen and oxygen atoms in total. The molecule has 1 aromatic heterocycles. The van der Waals surface area contributed by atoms with Crippen LogP contribution >= 0.6 is 11.3 Å². The van der Waals surface area contributed by atoms with Crippen LogP contribution in [0.4, 0.5) is 0 Å². The Morgan fingerprint density at radius 3 is 2.48 bits per heavy atom. The van der Waals surface area contributed by atoms with Crippen molar-refractivity contribution in [3.8, 4) is 0 Å². The van der Waals surface area contributed by atoms with Crippen molar-refractivity contribution in [1.29, 1.82) is 0 Å². The quantitative estimate of drug-likeness (QED) is 0.548. The molecular formula is C19H26N4O2S2. The number of guanidine groups is 1. The largest absolute Gasteiger partial charge is 0.357 e. The smallest absolute Gasteiger partial charge is 0.243 e. The molecule has 1 saturated heterocycles. The minimum Gasteiger partial charge on any atom is -0.357 e. The van der Waals surface area contributed by atoms with E-state index in [4.69, 9.17) is 0 Å². The Morgan fingerprint density at radius 2 is 1.85 bits per heavy atom. The summed E-state index contributed by atoms with van der Waals surface area (Å²) in [6, 6.07) is 9.17. The van der Waals surface area contributed by atoms with Crippen molar-refractivity contribution in [2.75, 3.05) is 19.6 Å². The molecule has 1 aliphatic heterocycles. The zero-order valence-electron chi connectivity index (χ0n) is 15.5. The third-order valence-corrected chi connectivity index (χ3v) is 7.08. The lowest BCUT2D eigenvalue weighted by Gasteiger charge is -2.16. The predicted molar refractivity (Wildman–Crippen MR) is 110 cm³/mol. The zero-order chi connectivity index (χ0) is 19.1. The van der Waals surface area contributed by atoms with Crippen LogP contribution in [0.1, 0.15) is 30.9 Å². The van der Waals surface area contributed by atoms with Gasteiger partial charge in [0, 0.05) is 26.2 Å². The molecule has 8 heteroatoms. The highest BCUT2D eigenvalue weighted by atomic mass is 32.2. The van der Waals surface area contributed by atoms with Gasteiger partial charge in [0.2, 0.25) is 10.0 Å². The fourth-order valence-corrected chi connectivity index (χ4v) is 5.11. The maximum absolute atomic E-state index is 12.6. The van der Waals surface area contributed by atoms with Crippen LogP contribution in [0.3, 0.4) is 0 Å². The summed E-state index contributed by atoms with van der Waals surface area (Å²) >= 11 is 1.66. The highest BCUT2D eigenvalue weighted by Crippen LogP contribution is 2.21. The third-order valence-electron chi connectivity index (χ3n) is 4.43. The van der Waals surface area contributed by atoms with Crippen LogP contribution in [0.15, 0.2) is 51.0 Å². The van der Waals surface area contributed by atoms with Gasteiger partial charge in [-0.3, -0.25) is 0 Å². The number of rotatable bonds is 7. The Balaban J connectivity index is 1.60. The highest BCUT2D eigenvalue weighted by Gasteiger charge is 2.26. The first-order valence-corrected chi connectivity index (χ1v) is 11.6. The van der Waals surface area contributed by atoms with E-state index in [0.717, 1.165) is 30.9 Å². The number of nitrogens with zero attached hydrogens (tertiary/aromatic N) is 2. The van der Waals surface area contributed by atoms with Crippen LogP contribution in [-0.2, 0) is 23.1 Å². The van der Waals surface area contributed by atoms with Crippen molar-refractivity contribution >= 4 is 27.3 Å². The van der Waals surface area contributed by atoms with Gasteiger partial charge in [0.1, 0.15) is 0 Å². The lowest BCUT2D eigenvalue weighted by atomic mass is 10.2. The Hall–Kier alpha value is -1.90. The molecule has 27 heavy (non-hydrogen) atoms. The molecule has 1 aromatic carbocycles. The number of hydrogen-bond acceptors (Lipinski definition) is 4. The summed E-state index contributed by atoms with van der Waals surface area (Å²) in [5.41, 5.74) is 2.20. The second-order valence-corrected chi connectivity index (χ2v) is 9.15. The van der Waals surface area contributed by atoms with E-state index in [2.05, 4.69) is 27.1 Å². The molecule has 0 bridgehead atoms. The zero-order valence-corrected chi connectivity index (χ0v) is 17.2. The van der Waals surface area contributed by atoms with E-state index in [1.165, 1.54) is 5.56 Å². The SMILES string of the molecule is CCNC(=NCc1ccsc1)NCc1ccc(S(=O)(=O)N2CCCC2)cc1. The average Bonchev–Trinajstić information content (AvgIpc) is 3.38. The molecule has 0 amide bonds. The molecule has 0 radical (unpaired) electrons.